The topological polar surface area (TPSA) is 62.3 Å². The number of amides is 2. The van der Waals surface area contributed by atoms with Crippen molar-refractivity contribution in [2.75, 3.05) is 6.54 Å². The lowest BCUT2D eigenvalue weighted by molar-refractivity contribution is -0.128. The minimum absolute atomic E-state index is 0.127. The molecule has 2 amide bonds. The molecule has 0 radical (unpaired) electrons. The highest BCUT2D eigenvalue weighted by Crippen LogP contribution is 2.45. The van der Waals surface area contributed by atoms with E-state index >= 15 is 0 Å². The molecule has 1 aromatic carbocycles. The highest BCUT2D eigenvalue weighted by Gasteiger charge is 2.47. The molecule has 1 saturated heterocycles. The van der Waals surface area contributed by atoms with Crippen molar-refractivity contribution in [2.45, 2.75) is 37.8 Å². The first kappa shape index (κ1) is 15.8. The van der Waals surface area contributed by atoms with Crippen LogP contribution in [0.25, 0.3) is 0 Å². The third-order valence-electron chi connectivity index (χ3n) is 5.05. The van der Waals surface area contributed by atoms with Gasteiger partial charge in [-0.1, -0.05) is 30.3 Å². The molecule has 0 bridgehead atoms. The van der Waals surface area contributed by atoms with Crippen LogP contribution in [-0.4, -0.2) is 40.3 Å². The van der Waals surface area contributed by atoms with E-state index in [0.29, 0.717) is 24.4 Å². The normalized spacial score (nSPS) is 25.1. The van der Waals surface area contributed by atoms with Crippen molar-refractivity contribution in [2.24, 2.45) is 0 Å². The molecule has 3 atom stereocenters. The minimum Gasteiger partial charge on any atom is -0.347 e. The van der Waals surface area contributed by atoms with Gasteiger partial charge in [-0.25, -0.2) is 0 Å². The van der Waals surface area contributed by atoms with Crippen LogP contribution in [0, 0.1) is 6.92 Å². The van der Waals surface area contributed by atoms with Gasteiger partial charge in [0.15, 0.2) is 0 Å². The van der Waals surface area contributed by atoms with Crippen LogP contribution in [0.5, 0.6) is 0 Å². The summed E-state index contributed by atoms with van der Waals surface area (Å²) in [5.41, 5.74) is 2.70. The van der Waals surface area contributed by atoms with Crippen LogP contribution in [0.1, 0.15) is 40.4 Å². The molecule has 4 rings (SSSR count). The molecule has 0 unspecified atom stereocenters. The summed E-state index contributed by atoms with van der Waals surface area (Å²) in [5, 5.41) is 2.97. The summed E-state index contributed by atoms with van der Waals surface area (Å²) < 4.78 is 0. The number of nitrogens with one attached hydrogen (secondary N) is 1. The predicted molar refractivity (Wildman–Crippen MR) is 94.1 cm³/mol. The second kappa shape index (κ2) is 6.31. The van der Waals surface area contributed by atoms with Gasteiger partial charge in [-0.05, 0) is 31.0 Å². The predicted octanol–water partition coefficient (Wildman–Crippen LogP) is 2.28. The van der Waals surface area contributed by atoms with Crippen molar-refractivity contribution in [3.63, 3.8) is 0 Å². The zero-order valence-corrected chi connectivity index (χ0v) is 14.2. The van der Waals surface area contributed by atoms with E-state index < -0.39 is 0 Å². The van der Waals surface area contributed by atoms with Gasteiger partial charge in [0, 0.05) is 36.8 Å². The Morgan fingerprint density at radius 3 is 2.72 bits per heavy atom. The zero-order valence-electron chi connectivity index (χ0n) is 14.2. The Morgan fingerprint density at radius 1 is 1.20 bits per heavy atom. The first-order valence-corrected chi connectivity index (χ1v) is 8.70. The highest BCUT2D eigenvalue weighted by atomic mass is 16.2. The molecule has 2 aliphatic rings. The number of benzene rings is 1. The number of hydrogen-bond acceptors (Lipinski definition) is 3. The number of carbonyl (C=O) groups is 2. The van der Waals surface area contributed by atoms with Gasteiger partial charge < -0.3 is 10.2 Å². The van der Waals surface area contributed by atoms with Gasteiger partial charge in [-0.3, -0.25) is 14.6 Å². The van der Waals surface area contributed by atoms with E-state index in [1.165, 1.54) is 5.56 Å². The van der Waals surface area contributed by atoms with E-state index in [4.69, 9.17) is 0 Å². The second-order valence-corrected chi connectivity index (χ2v) is 6.93. The maximum Gasteiger partial charge on any atom is 0.253 e. The largest absolute Gasteiger partial charge is 0.347 e. The average molecular weight is 335 g/mol. The smallest absolute Gasteiger partial charge is 0.253 e. The van der Waals surface area contributed by atoms with Gasteiger partial charge in [0.1, 0.15) is 0 Å². The second-order valence-electron chi connectivity index (χ2n) is 6.93. The Balaban J connectivity index is 1.36. The number of carbonyl (C=O) groups excluding carboxylic acids is 2. The summed E-state index contributed by atoms with van der Waals surface area (Å²) in [6, 6.07) is 14.0. The monoisotopic (exact) mass is 335 g/mol. The zero-order chi connectivity index (χ0) is 17.4. The van der Waals surface area contributed by atoms with Gasteiger partial charge in [-0.2, -0.15) is 0 Å². The summed E-state index contributed by atoms with van der Waals surface area (Å²) in [6.45, 7) is 2.48. The van der Waals surface area contributed by atoms with Gasteiger partial charge in [0.25, 0.3) is 5.91 Å². The Kier molecular flexibility index (Phi) is 3.99. The molecule has 1 saturated carbocycles. The molecule has 1 N–H and O–H groups in total. The number of aryl methyl sites for hydroxylation is 1. The molecule has 25 heavy (non-hydrogen) atoms. The van der Waals surface area contributed by atoms with Crippen molar-refractivity contribution in [1.82, 2.24) is 15.2 Å². The van der Waals surface area contributed by atoms with E-state index in [1.807, 2.05) is 36.1 Å². The molecule has 2 heterocycles. The third kappa shape index (κ3) is 3.27. The molecule has 1 aliphatic carbocycles. The summed E-state index contributed by atoms with van der Waals surface area (Å²) in [6.07, 6.45) is 2.97. The fourth-order valence-electron chi connectivity index (χ4n) is 3.60. The molecule has 0 spiro atoms. The number of likely N-dealkylation sites (tertiary alicyclic amines) is 1. The minimum atomic E-state index is -0.164. The van der Waals surface area contributed by atoms with E-state index in [2.05, 4.69) is 22.4 Å². The quantitative estimate of drug-likeness (QED) is 0.932. The fourth-order valence-corrected chi connectivity index (χ4v) is 3.60. The Hall–Kier alpha value is -2.69. The van der Waals surface area contributed by atoms with Gasteiger partial charge in [0.2, 0.25) is 5.91 Å². The van der Waals surface area contributed by atoms with Crippen LogP contribution >= 0.6 is 0 Å². The lowest BCUT2D eigenvalue weighted by atomic mass is 10.1. The molecule has 2 aromatic rings. The third-order valence-corrected chi connectivity index (χ3v) is 5.05. The standard InChI is InChI=1S/C20H21N3O2/c1-13-7-8-15(11-21-13)20(25)22-16-9-19(24)23(12-16)18-10-17(18)14-5-3-2-4-6-14/h2-8,11,16-18H,9-10,12H2,1H3,(H,22,25)/t16-,17+,18-/m1/s1. The lowest BCUT2D eigenvalue weighted by Gasteiger charge is -2.17. The van der Waals surface area contributed by atoms with Crippen molar-refractivity contribution < 1.29 is 9.59 Å². The maximum absolute atomic E-state index is 12.4. The first-order valence-electron chi connectivity index (χ1n) is 8.70. The van der Waals surface area contributed by atoms with E-state index in [0.717, 1.165) is 12.1 Å². The SMILES string of the molecule is Cc1ccc(C(=O)N[C@@H]2CC(=O)N([C@@H]3C[C@H]3c3ccccc3)C2)cn1. The molecule has 1 aromatic heterocycles. The summed E-state index contributed by atoms with van der Waals surface area (Å²) in [7, 11) is 0. The van der Waals surface area contributed by atoms with Crippen LogP contribution in [0.3, 0.4) is 0 Å². The van der Waals surface area contributed by atoms with Gasteiger partial charge in [0.05, 0.1) is 11.6 Å². The molecule has 1 aliphatic heterocycles. The number of aromatic nitrogens is 1. The van der Waals surface area contributed by atoms with E-state index in [-0.39, 0.29) is 23.9 Å². The van der Waals surface area contributed by atoms with E-state index in [1.54, 1.807) is 12.3 Å². The van der Waals surface area contributed by atoms with Crippen LogP contribution in [0.15, 0.2) is 48.7 Å². The molecular formula is C20H21N3O2. The van der Waals surface area contributed by atoms with Crippen LogP contribution in [-0.2, 0) is 4.79 Å². The summed E-state index contributed by atoms with van der Waals surface area (Å²) in [5.74, 6) is 0.402. The highest BCUT2D eigenvalue weighted by molar-refractivity contribution is 5.94. The van der Waals surface area contributed by atoms with Crippen LogP contribution in [0.2, 0.25) is 0 Å². The van der Waals surface area contributed by atoms with Gasteiger partial charge >= 0.3 is 0 Å². The average Bonchev–Trinajstić information content (AvgIpc) is 3.33. The number of nitrogens with zero attached hydrogens (tertiary/aromatic N) is 2. The molecule has 5 nitrogen and oxygen atoms in total. The van der Waals surface area contributed by atoms with Crippen LogP contribution < -0.4 is 5.32 Å². The molecule has 5 heteroatoms. The van der Waals surface area contributed by atoms with E-state index in [9.17, 15) is 9.59 Å². The summed E-state index contributed by atoms with van der Waals surface area (Å²) >= 11 is 0. The summed E-state index contributed by atoms with van der Waals surface area (Å²) in [4.78, 5) is 30.8. The van der Waals surface area contributed by atoms with Gasteiger partial charge in [-0.15, -0.1) is 0 Å². The fraction of sp³-hybridized carbons (Fsp3) is 0.350. The number of hydrogen-bond donors (Lipinski definition) is 1. The molecule has 128 valence electrons. The lowest BCUT2D eigenvalue weighted by Crippen LogP contribution is -2.37. The van der Waals surface area contributed by atoms with Crippen molar-refractivity contribution >= 4 is 11.8 Å². The Labute approximate surface area is 147 Å². The number of rotatable bonds is 4. The Bertz CT molecular complexity index is 788. The first-order chi connectivity index (χ1) is 12.1. The van der Waals surface area contributed by atoms with Crippen molar-refractivity contribution in [3.05, 3.63) is 65.5 Å². The molecule has 2 fully saturated rings. The number of pyridine rings is 1. The van der Waals surface area contributed by atoms with Crippen LogP contribution in [0.4, 0.5) is 0 Å². The van der Waals surface area contributed by atoms with Crippen molar-refractivity contribution in [3.8, 4) is 0 Å². The molecular weight excluding hydrogens is 314 g/mol. The Morgan fingerprint density at radius 2 is 2.00 bits per heavy atom. The van der Waals surface area contributed by atoms with Crippen molar-refractivity contribution in [1.29, 1.82) is 0 Å². The maximum atomic E-state index is 12.4.